The molecule has 0 saturated carbocycles. The fraction of sp³-hybridized carbons (Fsp3) is 0.0833. The fourth-order valence-electron chi connectivity index (χ4n) is 1.55. The Morgan fingerprint density at radius 3 is 2.61 bits per heavy atom. The normalized spacial score (nSPS) is 10.1. The largest absolute Gasteiger partial charge is 0.497 e. The Labute approximate surface area is 103 Å². The lowest BCUT2D eigenvalue weighted by Crippen LogP contribution is -1.98. The van der Waals surface area contributed by atoms with E-state index in [1.54, 1.807) is 31.4 Å². The Morgan fingerprint density at radius 1 is 1.44 bits per heavy atom. The molecule has 0 aliphatic heterocycles. The third-order valence-corrected chi connectivity index (χ3v) is 2.40. The van der Waals surface area contributed by atoms with Crippen molar-refractivity contribution in [1.29, 1.82) is 0 Å². The predicted octanol–water partition coefficient (Wildman–Crippen LogP) is 2.38. The minimum Gasteiger partial charge on any atom is -0.497 e. The fourth-order valence-corrected chi connectivity index (χ4v) is 1.55. The summed E-state index contributed by atoms with van der Waals surface area (Å²) in [5, 5.41) is 12.5. The quantitative estimate of drug-likeness (QED) is 0.837. The van der Waals surface area contributed by atoms with Crippen molar-refractivity contribution in [2.24, 2.45) is 4.99 Å². The molecule has 0 fully saturated rings. The Bertz CT molecular complexity index is 587. The lowest BCUT2D eigenvalue weighted by molar-refractivity contribution is 0.0686. The molecule has 0 radical (unpaired) electrons. The summed E-state index contributed by atoms with van der Waals surface area (Å²) in [6.45, 7) is 3.32. The first kappa shape index (κ1) is 11.8. The van der Waals surface area contributed by atoms with Gasteiger partial charge in [0, 0.05) is 0 Å². The van der Waals surface area contributed by atoms with E-state index in [9.17, 15) is 4.79 Å². The van der Waals surface area contributed by atoms with Crippen LogP contribution in [0.15, 0.2) is 33.8 Å². The molecule has 0 aliphatic carbocycles. The average molecular weight is 246 g/mol. The SMILES string of the molecule is C=Nc1onc(C(=O)O)c1-c1ccc(OC)cc1. The number of methoxy groups -OCH3 is 1. The van der Waals surface area contributed by atoms with Crippen molar-refractivity contribution in [2.45, 2.75) is 0 Å². The topological polar surface area (TPSA) is 84.9 Å². The summed E-state index contributed by atoms with van der Waals surface area (Å²) < 4.78 is 9.86. The van der Waals surface area contributed by atoms with Crippen molar-refractivity contribution in [3.05, 3.63) is 30.0 Å². The van der Waals surface area contributed by atoms with Gasteiger partial charge in [0.05, 0.1) is 12.7 Å². The Hall–Kier alpha value is -2.63. The van der Waals surface area contributed by atoms with Crippen LogP contribution in [0.1, 0.15) is 10.5 Å². The van der Waals surface area contributed by atoms with Crippen molar-refractivity contribution in [1.82, 2.24) is 5.16 Å². The van der Waals surface area contributed by atoms with Crippen LogP contribution in [0.4, 0.5) is 5.88 Å². The standard InChI is InChI=1S/C12H10N2O4/c1-13-11-9(10(12(15)16)14-18-11)7-3-5-8(17-2)6-4-7/h3-6H,1H2,2H3,(H,15,16). The molecule has 1 N–H and O–H groups in total. The zero-order valence-corrected chi connectivity index (χ0v) is 9.58. The molecular weight excluding hydrogens is 236 g/mol. The number of aliphatic imine (C=N–C) groups is 1. The molecule has 0 bridgehead atoms. The summed E-state index contributed by atoms with van der Waals surface area (Å²) in [7, 11) is 1.55. The van der Waals surface area contributed by atoms with Gasteiger partial charge >= 0.3 is 5.97 Å². The first-order valence-corrected chi connectivity index (χ1v) is 5.01. The molecule has 2 rings (SSSR count). The summed E-state index contributed by atoms with van der Waals surface area (Å²) in [6, 6.07) is 6.82. The van der Waals surface area contributed by atoms with Crippen LogP contribution < -0.4 is 4.74 Å². The van der Waals surface area contributed by atoms with Gasteiger partial charge in [0.2, 0.25) is 5.69 Å². The first-order valence-electron chi connectivity index (χ1n) is 5.01. The van der Waals surface area contributed by atoms with Crippen LogP contribution in [0.25, 0.3) is 11.1 Å². The molecule has 92 valence electrons. The van der Waals surface area contributed by atoms with E-state index in [4.69, 9.17) is 14.4 Å². The van der Waals surface area contributed by atoms with Gasteiger partial charge in [-0.05, 0) is 24.4 Å². The van der Waals surface area contributed by atoms with Gasteiger partial charge in [-0.1, -0.05) is 17.3 Å². The summed E-state index contributed by atoms with van der Waals surface area (Å²) in [5.74, 6) is -0.433. The summed E-state index contributed by atoms with van der Waals surface area (Å²) >= 11 is 0. The number of carboxylic acid groups (broad SMARTS) is 1. The second kappa shape index (κ2) is 4.70. The van der Waals surface area contributed by atoms with Crippen LogP contribution in [0.3, 0.4) is 0 Å². The molecule has 0 atom stereocenters. The molecule has 2 aromatic rings. The molecule has 18 heavy (non-hydrogen) atoms. The van der Waals surface area contributed by atoms with E-state index in [0.29, 0.717) is 16.9 Å². The molecule has 0 saturated heterocycles. The van der Waals surface area contributed by atoms with Gasteiger partial charge < -0.3 is 14.4 Å². The molecule has 0 aliphatic rings. The van der Waals surface area contributed by atoms with E-state index < -0.39 is 5.97 Å². The molecule has 0 spiro atoms. The number of nitrogens with zero attached hydrogens (tertiary/aromatic N) is 2. The zero-order valence-electron chi connectivity index (χ0n) is 9.58. The van der Waals surface area contributed by atoms with Gasteiger partial charge in [-0.2, -0.15) is 0 Å². The zero-order chi connectivity index (χ0) is 13.1. The minimum atomic E-state index is -1.18. The van der Waals surface area contributed by atoms with Gasteiger partial charge in [0.25, 0.3) is 5.88 Å². The van der Waals surface area contributed by atoms with Gasteiger partial charge in [-0.15, -0.1) is 0 Å². The van der Waals surface area contributed by atoms with Gasteiger partial charge in [0.1, 0.15) is 5.75 Å². The van der Waals surface area contributed by atoms with Crippen LogP contribution in [0, 0.1) is 0 Å². The van der Waals surface area contributed by atoms with E-state index in [0.717, 1.165) is 0 Å². The maximum atomic E-state index is 11.0. The van der Waals surface area contributed by atoms with E-state index in [1.165, 1.54) is 0 Å². The molecular formula is C12H10N2O4. The van der Waals surface area contributed by atoms with Crippen molar-refractivity contribution >= 4 is 18.6 Å². The van der Waals surface area contributed by atoms with Crippen molar-refractivity contribution in [3.63, 3.8) is 0 Å². The number of hydrogen-bond acceptors (Lipinski definition) is 5. The number of ether oxygens (including phenoxy) is 1. The van der Waals surface area contributed by atoms with E-state index >= 15 is 0 Å². The van der Waals surface area contributed by atoms with Crippen molar-refractivity contribution < 1.29 is 19.2 Å². The molecule has 1 aromatic heterocycles. The number of carbonyl (C=O) groups is 1. The number of rotatable bonds is 4. The van der Waals surface area contributed by atoms with Crippen LogP contribution >= 0.6 is 0 Å². The van der Waals surface area contributed by atoms with Crippen LogP contribution in [0.5, 0.6) is 5.75 Å². The molecule has 6 nitrogen and oxygen atoms in total. The summed E-state index contributed by atoms with van der Waals surface area (Å²) in [5.41, 5.74) is 0.736. The number of aromatic carboxylic acids is 1. The molecule has 1 aromatic carbocycles. The van der Waals surface area contributed by atoms with Crippen molar-refractivity contribution in [2.75, 3.05) is 7.11 Å². The lowest BCUT2D eigenvalue weighted by Gasteiger charge is -2.02. The first-order chi connectivity index (χ1) is 8.67. The number of carboxylic acids is 1. The molecule has 0 unspecified atom stereocenters. The number of hydrogen-bond donors (Lipinski definition) is 1. The molecule has 6 heteroatoms. The maximum Gasteiger partial charge on any atom is 0.358 e. The highest BCUT2D eigenvalue weighted by molar-refractivity contribution is 5.96. The van der Waals surface area contributed by atoms with Gasteiger partial charge in [0.15, 0.2) is 0 Å². The third-order valence-electron chi connectivity index (χ3n) is 2.40. The minimum absolute atomic E-state index is 0.0811. The second-order valence-electron chi connectivity index (χ2n) is 3.40. The summed E-state index contributed by atoms with van der Waals surface area (Å²) in [4.78, 5) is 14.7. The van der Waals surface area contributed by atoms with Gasteiger partial charge in [-0.25, -0.2) is 9.79 Å². The maximum absolute atomic E-state index is 11.0. The smallest absolute Gasteiger partial charge is 0.358 e. The monoisotopic (exact) mass is 246 g/mol. The number of aromatic nitrogens is 1. The highest BCUT2D eigenvalue weighted by Crippen LogP contribution is 2.34. The van der Waals surface area contributed by atoms with Crippen LogP contribution in [0.2, 0.25) is 0 Å². The average Bonchev–Trinajstić information content (AvgIpc) is 2.82. The van der Waals surface area contributed by atoms with E-state index in [1.807, 2.05) is 0 Å². The summed E-state index contributed by atoms with van der Waals surface area (Å²) in [6.07, 6.45) is 0. The van der Waals surface area contributed by atoms with Crippen LogP contribution in [-0.4, -0.2) is 30.1 Å². The van der Waals surface area contributed by atoms with Crippen LogP contribution in [-0.2, 0) is 0 Å². The van der Waals surface area contributed by atoms with Crippen molar-refractivity contribution in [3.8, 4) is 16.9 Å². The van der Waals surface area contributed by atoms with E-state index in [2.05, 4.69) is 16.9 Å². The Balaban J connectivity index is 2.57. The van der Waals surface area contributed by atoms with Gasteiger partial charge in [-0.3, -0.25) is 0 Å². The third kappa shape index (κ3) is 1.95. The number of benzene rings is 1. The predicted molar refractivity (Wildman–Crippen MR) is 64.7 cm³/mol. The molecule has 1 heterocycles. The Kier molecular flexibility index (Phi) is 3.09. The molecule has 0 amide bonds. The highest BCUT2D eigenvalue weighted by atomic mass is 16.5. The second-order valence-corrected chi connectivity index (χ2v) is 3.40. The highest BCUT2D eigenvalue weighted by Gasteiger charge is 2.22. The van der Waals surface area contributed by atoms with E-state index in [-0.39, 0.29) is 11.6 Å². The Morgan fingerprint density at radius 2 is 2.11 bits per heavy atom. The lowest BCUT2D eigenvalue weighted by atomic mass is 10.1.